The first kappa shape index (κ1) is 23.5. The maximum atomic E-state index is 12.7. The first-order valence-corrected chi connectivity index (χ1v) is 10.4. The average Bonchev–Trinajstić information content (AvgIpc) is 2.57. The van der Waals surface area contributed by atoms with Gasteiger partial charge in [-0.05, 0) is 30.4 Å². The van der Waals surface area contributed by atoms with Crippen LogP contribution < -0.4 is 9.47 Å². The molecule has 3 heteroatoms. The molecule has 154 valence electrons. The van der Waals surface area contributed by atoms with E-state index in [0.717, 1.165) is 6.42 Å². The molecule has 0 amide bonds. The van der Waals surface area contributed by atoms with Crippen molar-refractivity contribution >= 4 is 5.78 Å². The summed E-state index contributed by atoms with van der Waals surface area (Å²) < 4.78 is 11.3. The van der Waals surface area contributed by atoms with Crippen molar-refractivity contribution in [2.24, 2.45) is 10.8 Å². The van der Waals surface area contributed by atoms with Crippen molar-refractivity contribution in [1.29, 1.82) is 0 Å². The Balaban J connectivity index is 2.42. The van der Waals surface area contributed by atoms with E-state index in [-0.39, 0.29) is 5.78 Å². The summed E-state index contributed by atoms with van der Waals surface area (Å²) in [4.78, 5) is 12.7. The first-order valence-electron chi connectivity index (χ1n) is 10.4. The third-order valence-corrected chi connectivity index (χ3v) is 4.69. The van der Waals surface area contributed by atoms with E-state index >= 15 is 0 Å². The van der Waals surface area contributed by atoms with Crippen LogP contribution in [0.5, 0.6) is 11.5 Å². The molecule has 0 saturated heterocycles. The van der Waals surface area contributed by atoms with Crippen molar-refractivity contribution in [3.05, 3.63) is 23.8 Å². The molecule has 0 bridgehead atoms. The van der Waals surface area contributed by atoms with Gasteiger partial charge in [0.05, 0.1) is 19.3 Å². The minimum Gasteiger partial charge on any atom is -0.497 e. The van der Waals surface area contributed by atoms with Crippen LogP contribution in [0.1, 0.15) is 96.8 Å². The van der Waals surface area contributed by atoms with E-state index in [1.165, 1.54) is 38.5 Å². The smallest absolute Gasteiger partial charge is 0.171 e. The van der Waals surface area contributed by atoms with Crippen molar-refractivity contribution in [2.45, 2.75) is 86.5 Å². The lowest BCUT2D eigenvalue weighted by Crippen LogP contribution is -2.21. The van der Waals surface area contributed by atoms with Crippen LogP contribution in [0.4, 0.5) is 0 Å². The predicted octanol–water partition coefficient (Wildman–Crippen LogP) is 7.08. The van der Waals surface area contributed by atoms with Gasteiger partial charge < -0.3 is 9.47 Å². The number of ether oxygens (including phenoxy) is 2. The molecule has 27 heavy (non-hydrogen) atoms. The Hall–Kier alpha value is -1.51. The van der Waals surface area contributed by atoms with E-state index in [2.05, 4.69) is 20.8 Å². The van der Waals surface area contributed by atoms with Gasteiger partial charge in [0, 0.05) is 11.5 Å². The lowest BCUT2D eigenvalue weighted by Gasteiger charge is -2.19. The summed E-state index contributed by atoms with van der Waals surface area (Å²) >= 11 is 0. The molecule has 0 heterocycles. The minimum absolute atomic E-state index is 0.0963. The van der Waals surface area contributed by atoms with Gasteiger partial charge in [-0.3, -0.25) is 4.79 Å². The minimum atomic E-state index is -0.431. The number of carbonyl (C=O) groups is 1. The lowest BCUT2D eigenvalue weighted by molar-refractivity contribution is 0.0854. The summed E-state index contributed by atoms with van der Waals surface area (Å²) in [5.41, 5.74) is 0.664. The predicted molar refractivity (Wildman–Crippen MR) is 114 cm³/mol. The Morgan fingerprint density at radius 3 is 2.04 bits per heavy atom. The third-order valence-electron chi connectivity index (χ3n) is 4.69. The van der Waals surface area contributed by atoms with Crippen molar-refractivity contribution in [3.63, 3.8) is 0 Å². The Morgan fingerprint density at radius 2 is 1.48 bits per heavy atom. The Labute approximate surface area is 166 Å². The number of ketones is 1. The summed E-state index contributed by atoms with van der Waals surface area (Å²) in [6, 6.07) is 5.46. The molecule has 0 spiro atoms. The Kier molecular flexibility index (Phi) is 9.35. The normalized spacial score (nSPS) is 12.1. The number of Topliss-reactive ketones (excluding diaryl/α,β-unsaturated/α-hetero) is 1. The van der Waals surface area contributed by atoms with Crippen LogP contribution in [0.3, 0.4) is 0 Å². The molecule has 0 unspecified atom stereocenters. The SMILES string of the molecule is COc1ccc(C(=O)C(C)(C)C)c(OCCCCCCCCC(C)(C)C)c1. The van der Waals surface area contributed by atoms with Gasteiger partial charge in [0.2, 0.25) is 0 Å². The van der Waals surface area contributed by atoms with E-state index in [9.17, 15) is 4.79 Å². The number of hydrogen-bond acceptors (Lipinski definition) is 3. The molecule has 1 rings (SSSR count). The fraction of sp³-hybridized carbons (Fsp3) is 0.708. The summed E-state index contributed by atoms with van der Waals surface area (Å²) in [7, 11) is 1.63. The zero-order valence-electron chi connectivity index (χ0n) is 18.6. The number of hydrogen-bond donors (Lipinski definition) is 0. The zero-order chi connectivity index (χ0) is 20.5. The Morgan fingerprint density at radius 1 is 0.889 bits per heavy atom. The van der Waals surface area contributed by atoms with Crippen LogP contribution in [0.15, 0.2) is 18.2 Å². The average molecular weight is 377 g/mol. The van der Waals surface area contributed by atoms with Crippen molar-refractivity contribution < 1.29 is 14.3 Å². The molecular weight excluding hydrogens is 336 g/mol. The zero-order valence-corrected chi connectivity index (χ0v) is 18.6. The van der Waals surface area contributed by atoms with Gasteiger partial charge >= 0.3 is 0 Å². The highest BCUT2D eigenvalue weighted by molar-refractivity contribution is 6.02. The van der Waals surface area contributed by atoms with Crippen LogP contribution in [0, 0.1) is 10.8 Å². The van der Waals surface area contributed by atoms with Gasteiger partial charge in [0.1, 0.15) is 11.5 Å². The topological polar surface area (TPSA) is 35.5 Å². The number of unbranched alkanes of at least 4 members (excludes halogenated alkanes) is 5. The quantitative estimate of drug-likeness (QED) is 0.306. The van der Waals surface area contributed by atoms with Gasteiger partial charge in [-0.2, -0.15) is 0 Å². The summed E-state index contributed by atoms with van der Waals surface area (Å²) in [6.45, 7) is 13.4. The molecule has 0 atom stereocenters. The molecule has 1 aromatic rings. The maximum absolute atomic E-state index is 12.7. The molecule has 0 saturated carbocycles. The number of carbonyl (C=O) groups excluding carboxylic acids is 1. The highest BCUT2D eigenvalue weighted by atomic mass is 16.5. The van der Waals surface area contributed by atoms with Crippen molar-refractivity contribution in [3.8, 4) is 11.5 Å². The lowest BCUT2D eigenvalue weighted by atomic mass is 9.86. The second-order valence-electron chi connectivity index (χ2n) is 9.72. The van der Waals surface area contributed by atoms with Gasteiger partial charge in [-0.1, -0.05) is 73.6 Å². The largest absolute Gasteiger partial charge is 0.497 e. The molecule has 0 aliphatic rings. The van der Waals surface area contributed by atoms with Crippen LogP contribution in [0.2, 0.25) is 0 Å². The summed E-state index contributed by atoms with van der Waals surface area (Å²) in [5.74, 6) is 1.45. The van der Waals surface area contributed by atoms with E-state index < -0.39 is 5.41 Å². The molecule has 3 nitrogen and oxygen atoms in total. The molecule has 0 fully saturated rings. The molecule has 0 radical (unpaired) electrons. The fourth-order valence-electron chi connectivity index (χ4n) is 2.99. The van der Waals surface area contributed by atoms with Crippen LogP contribution >= 0.6 is 0 Å². The fourth-order valence-corrected chi connectivity index (χ4v) is 2.99. The Bertz CT molecular complexity index is 576. The van der Waals surface area contributed by atoms with Crippen LogP contribution in [-0.4, -0.2) is 19.5 Å². The van der Waals surface area contributed by atoms with E-state index in [4.69, 9.17) is 9.47 Å². The van der Waals surface area contributed by atoms with Gasteiger partial charge in [-0.25, -0.2) is 0 Å². The third kappa shape index (κ3) is 9.30. The van der Waals surface area contributed by atoms with E-state index in [1.54, 1.807) is 7.11 Å². The van der Waals surface area contributed by atoms with E-state index in [1.807, 2.05) is 39.0 Å². The second-order valence-corrected chi connectivity index (χ2v) is 9.72. The van der Waals surface area contributed by atoms with Gasteiger partial charge in [-0.15, -0.1) is 0 Å². The second kappa shape index (κ2) is 10.7. The summed E-state index contributed by atoms with van der Waals surface area (Å²) in [5, 5.41) is 0. The number of methoxy groups -OCH3 is 1. The monoisotopic (exact) mass is 376 g/mol. The molecule has 1 aromatic carbocycles. The van der Waals surface area contributed by atoms with Crippen LogP contribution in [-0.2, 0) is 0 Å². The summed E-state index contributed by atoms with van der Waals surface area (Å²) in [6.07, 6.45) is 8.67. The number of rotatable bonds is 11. The van der Waals surface area contributed by atoms with Crippen LogP contribution in [0.25, 0.3) is 0 Å². The molecule has 0 aliphatic carbocycles. The first-order chi connectivity index (χ1) is 12.5. The number of benzene rings is 1. The maximum Gasteiger partial charge on any atom is 0.171 e. The van der Waals surface area contributed by atoms with E-state index in [0.29, 0.717) is 29.1 Å². The molecule has 0 aromatic heterocycles. The molecule has 0 N–H and O–H groups in total. The molecule has 0 aliphatic heterocycles. The van der Waals surface area contributed by atoms with Crippen molar-refractivity contribution in [2.75, 3.05) is 13.7 Å². The van der Waals surface area contributed by atoms with Crippen molar-refractivity contribution in [1.82, 2.24) is 0 Å². The van der Waals surface area contributed by atoms with Gasteiger partial charge in [0.15, 0.2) is 5.78 Å². The highest BCUT2D eigenvalue weighted by Gasteiger charge is 2.26. The van der Waals surface area contributed by atoms with Gasteiger partial charge in [0.25, 0.3) is 0 Å². The standard InChI is InChI=1S/C24H40O3/c1-23(2,3)16-12-10-8-9-11-13-17-27-21-18-19(26-7)14-15-20(21)22(25)24(4,5)6/h14-15,18H,8-13,16-17H2,1-7H3. The highest BCUT2D eigenvalue weighted by Crippen LogP contribution is 2.31. The molecular formula is C24H40O3.